The van der Waals surface area contributed by atoms with E-state index in [9.17, 15) is 10.1 Å². The average Bonchev–Trinajstić information content (AvgIpc) is 2.54. The van der Waals surface area contributed by atoms with Crippen LogP contribution in [0.25, 0.3) is 0 Å². The van der Waals surface area contributed by atoms with E-state index < -0.39 is 4.92 Å². The van der Waals surface area contributed by atoms with Gasteiger partial charge in [-0.1, -0.05) is 6.07 Å². The number of anilines is 1. The second-order valence-electron chi connectivity index (χ2n) is 4.96. The summed E-state index contributed by atoms with van der Waals surface area (Å²) in [5.41, 5.74) is 0.961. The molecule has 0 unspecified atom stereocenters. The van der Waals surface area contributed by atoms with Crippen molar-refractivity contribution in [1.29, 1.82) is 0 Å². The molecule has 0 aliphatic carbocycles. The van der Waals surface area contributed by atoms with Gasteiger partial charge in [0.25, 0.3) is 0 Å². The van der Waals surface area contributed by atoms with Crippen LogP contribution in [0.15, 0.2) is 36.5 Å². The Balaban J connectivity index is 1.83. The maximum Gasteiger partial charge on any atom is 0.357 e. The van der Waals surface area contributed by atoms with Gasteiger partial charge in [-0.3, -0.25) is 15.4 Å². The Morgan fingerprint density at radius 2 is 2.05 bits per heavy atom. The van der Waals surface area contributed by atoms with Crippen LogP contribution in [0.1, 0.15) is 18.5 Å². The van der Waals surface area contributed by atoms with E-state index in [2.05, 4.69) is 10.3 Å². The molecule has 3 rings (SSSR count). The highest BCUT2D eigenvalue weighted by molar-refractivity contribution is 5.53. The van der Waals surface area contributed by atoms with Crippen LogP contribution in [0.4, 0.5) is 11.5 Å². The zero-order valence-corrected chi connectivity index (χ0v) is 12.0. The number of nitrogens with zero attached hydrogens (tertiary/aromatic N) is 1. The molecule has 7 nitrogen and oxygen atoms in total. The van der Waals surface area contributed by atoms with Crippen LogP contribution in [-0.2, 0) is 0 Å². The van der Waals surface area contributed by atoms with Crippen LogP contribution in [0.3, 0.4) is 0 Å². The fourth-order valence-corrected chi connectivity index (χ4v) is 2.32. The highest BCUT2D eigenvalue weighted by Crippen LogP contribution is 2.33. The van der Waals surface area contributed by atoms with Crippen molar-refractivity contribution in [2.45, 2.75) is 13.0 Å². The van der Waals surface area contributed by atoms with Gasteiger partial charge in [0.15, 0.2) is 11.5 Å². The van der Waals surface area contributed by atoms with Crippen LogP contribution in [0.2, 0.25) is 0 Å². The van der Waals surface area contributed by atoms with E-state index in [1.807, 2.05) is 25.1 Å². The molecule has 0 fully saturated rings. The molecule has 7 heteroatoms. The Morgan fingerprint density at radius 1 is 1.27 bits per heavy atom. The number of aromatic amines is 1. The van der Waals surface area contributed by atoms with Crippen molar-refractivity contribution in [3.05, 3.63) is 52.2 Å². The summed E-state index contributed by atoms with van der Waals surface area (Å²) < 4.78 is 11.0. The summed E-state index contributed by atoms with van der Waals surface area (Å²) in [6, 6.07) is 8.58. The first-order valence-electron chi connectivity index (χ1n) is 6.96. The van der Waals surface area contributed by atoms with E-state index in [4.69, 9.17) is 9.47 Å². The number of ether oxygens (including phenoxy) is 2. The number of hydrogen-bond acceptors (Lipinski definition) is 5. The molecule has 2 N–H and O–H groups in total. The van der Waals surface area contributed by atoms with Crippen molar-refractivity contribution in [3.63, 3.8) is 0 Å². The third-order valence-electron chi connectivity index (χ3n) is 3.46. The number of aromatic nitrogens is 1. The number of benzene rings is 1. The Labute approximate surface area is 127 Å². The smallest absolute Gasteiger partial charge is 0.357 e. The van der Waals surface area contributed by atoms with Gasteiger partial charge in [-0.25, -0.2) is 4.98 Å². The lowest BCUT2D eigenvalue weighted by atomic mass is 10.1. The minimum Gasteiger partial charge on any atom is -0.486 e. The molecule has 22 heavy (non-hydrogen) atoms. The van der Waals surface area contributed by atoms with Crippen molar-refractivity contribution in [1.82, 2.24) is 0 Å². The number of nitro groups is 1. The number of fused-ring (bicyclic) bond motifs is 1. The zero-order valence-electron chi connectivity index (χ0n) is 12.0. The molecule has 1 aliphatic rings. The van der Waals surface area contributed by atoms with Crippen molar-refractivity contribution in [3.8, 4) is 11.5 Å². The van der Waals surface area contributed by atoms with E-state index >= 15 is 0 Å². The van der Waals surface area contributed by atoms with E-state index in [1.165, 1.54) is 6.07 Å². The molecule has 2 heterocycles. The average molecular weight is 302 g/mol. The lowest BCUT2D eigenvalue weighted by molar-refractivity contribution is -0.409. The van der Waals surface area contributed by atoms with E-state index in [1.54, 1.807) is 12.3 Å². The van der Waals surface area contributed by atoms with Crippen LogP contribution in [0.5, 0.6) is 11.5 Å². The number of nitrogens with one attached hydrogen (secondary N) is 2. The quantitative estimate of drug-likeness (QED) is 0.692. The predicted molar refractivity (Wildman–Crippen MR) is 79.1 cm³/mol. The Morgan fingerprint density at radius 3 is 2.82 bits per heavy atom. The first-order valence-corrected chi connectivity index (χ1v) is 6.96. The third-order valence-corrected chi connectivity index (χ3v) is 3.46. The van der Waals surface area contributed by atoms with Gasteiger partial charge < -0.3 is 9.47 Å². The monoisotopic (exact) mass is 302 g/mol. The number of H-pyrrole nitrogens is 1. The van der Waals surface area contributed by atoms with E-state index in [-0.39, 0.29) is 11.7 Å². The molecule has 0 amide bonds. The minimum atomic E-state index is -0.421. The van der Waals surface area contributed by atoms with Gasteiger partial charge in [0.1, 0.15) is 19.3 Å². The van der Waals surface area contributed by atoms with Gasteiger partial charge in [0.2, 0.25) is 0 Å². The standard InChI is InChI=1S/C15H15N3O4/c1-10(17-15-12(18(19)20)3-2-6-16-15)11-4-5-13-14(9-11)22-8-7-21-13/h2-6,9-10H,7-8H2,1H3,(H,16,17)/p+1/t10-/m1/s1. The van der Waals surface area contributed by atoms with Crippen LogP contribution in [-0.4, -0.2) is 18.1 Å². The first-order chi connectivity index (χ1) is 10.6. The first kappa shape index (κ1) is 14.1. The number of pyridine rings is 1. The summed E-state index contributed by atoms with van der Waals surface area (Å²) in [6.45, 7) is 3.00. The van der Waals surface area contributed by atoms with Gasteiger partial charge in [0, 0.05) is 6.07 Å². The molecule has 1 aromatic carbocycles. The van der Waals surface area contributed by atoms with Crippen LogP contribution < -0.4 is 19.8 Å². The second-order valence-corrected chi connectivity index (χ2v) is 4.96. The number of hydrogen-bond donors (Lipinski definition) is 1. The van der Waals surface area contributed by atoms with E-state index in [0.29, 0.717) is 24.8 Å². The summed E-state index contributed by atoms with van der Waals surface area (Å²) in [4.78, 5) is 13.5. The largest absolute Gasteiger partial charge is 0.486 e. The van der Waals surface area contributed by atoms with Gasteiger partial charge in [-0.15, -0.1) is 0 Å². The molecule has 0 bridgehead atoms. The predicted octanol–water partition coefficient (Wildman–Crippen LogP) is 2.35. The van der Waals surface area contributed by atoms with E-state index in [0.717, 1.165) is 11.3 Å². The van der Waals surface area contributed by atoms with Gasteiger partial charge in [0.05, 0.1) is 11.1 Å². The summed E-state index contributed by atoms with van der Waals surface area (Å²) in [5.74, 6) is 1.79. The maximum absolute atomic E-state index is 11.0. The molecule has 0 radical (unpaired) electrons. The lowest BCUT2D eigenvalue weighted by Crippen LogP contribution is -2.18. The Bertz CT molecular complexity index is 705. The number of rotatable bonds is 4. The SMILES string of the molecule is C[C@@H](Nc1[nH+]cccc1[N+](=O)[O-])c1ccc2c(c1)OCCO2. The normalized spacial score (nSPS) is 14.2. The molecule has 2 aromatic rings. The van der Waals surface area contributed by atoms with Gasteiger partial charge >= 0.3 is 11.5 Å². The highest BCUT2D eigenvalue weighted by Gasteiger charge is 2.23. The van der Waals surface area contributed by atoms with Gasteiger partial charge in [-0.2, -0.15) is 0 Å². The molecule has 0 spiro atoms. The van der Waals surface area contributed by atoms with Crippen molar-refractivity contribution in [2.75, 3.05) is 18.5 Å². The summed E-state index contributed by atoms with van der Waals surface area (Å²) in [6.07, 6.45) is 1.64. The fraction of sp³-hybridized carbons (Fsp3) is 0.267. The lowest BCUT2D eigenvalue weighted by Gasteiger charge is -2.19. The van der Waals surface area contributed by atoms with Crippen molar-refractivity contribution in [2.24, 2.45) is 0 Å². The molecule has 0 saturated heterocycles. The summed E-state index contributed by atoms with van der Waals surface area (Å²) in [5, 5.41) is 14.2. The third kappa shape index (κ3) is 2.78. The molecular weight excluding hydrogens is 286 g/mol. The highest BCUT2D eigenvalue weighted by atomic mass is 16.6. The molecule has 1 atom stereocenters. The topological polar surface area (TPSA) is 87.8 Å². The molecule has 1 aliphatic heterocycles. The second kappa shape index (κ2) is 5.88. The molecule has 114 valence electrons. The minimum absolute atomic E-state index is 0.00638. The Hall–Kier alpha value is -2.83. The van der Waals surface area contributed by atoms with Gasteiger partial charge in [-0.05, 0) is 30.7 Å². The van der Waals surface area contributed by atoms with Crippen molar-refractivity contribution >= 4 is 11.5 Å². The maximum atomic E-state index is 11.0. The fourth-order valence-electron chi connectivity index (χ4n) is 2.32. The summed E-state index contributed by atoms with van der Waals surface area (Å²) in [7, 11) is 0. The molecule has 0 saturated carbocycles. The van der Waals surface area contributed by atoms with Crippen LogP contribution in [0, 0.1) is 10.1 Å². The van der Waals surface area contributed by atoms with Crippen LogP contribution >= 0.6 is 0 Å². The molecule has 1 aromatic heterocycles. The summed E-state index contributed by atoms with van der Waals surface area (Å²) >= 11 is 0. The van der Waals surface area contributed by atoms with Crippen molar-refractivity contribution < 1.29 is 19.4 Å². The zero-order chi connectivity index (χ0) is 15.5. The molecular formula is C15H16N3O4+. The Kier molecular flexibility index (Phi) is 3.78.